The minimum atomic E-state index is -1.06. The third-order valence-electron chi connectivity index (χ3n) is 6.63. The van der Waals surface area contributed by atoms with Crippen molar-refractivity contribution in [1.82, 2.24) is 19.8 Å². The van der Waals surface area contributed by atoms with Gasteiger partial charge in [0.05, 0.1) is 38.3 Å². The van der Waals surface area contributed by atoms with Crippen molar-refractivity contribution in [2.75, 3.05) is 20.2 Å². The van der Waals surface area contributed by atoms with Gasteiger partial charge in [0.25, 0.3) is 11.5 Å². The van der Waals surface area contributed by atoms with Gasteiger partial charge in [-0.25, -0.2) is 14.2 Å². The third kappa shape index (κ3) is 7.27. The van der Waals surface area contributed by atoms with Crippen LogP contribution in [0.3, 0.4) is 0 Å². The zero-order valence-electron chi connectivity index (χ0n) is 24.1. The number of likely N-dealkylation sites (N-methyl/N-ethyl adjacent to an activating group) is 1. The molecule has 0 aliphatic rings. The SMILES string of the molecule is CNCCOc1ccc2c(c1)c(=O)n(-c1ccc(C[C@H](NC(=O)c3c(Cl)cccc3Cl)C(=O)OC(C)C)cc1)c(=O)n2C. The zero-order chi connectivity index (χ0) is 31.3. The molecule has 226 valence electrons. The van der Waals surface area contributed by atoms with Crippen molar-refractivity contribution in [3.05, 3.63) is 103 Å². The number of carbonyl (C=O) groups excluding carboxylic acids is 2. The summed E-state index contributed by atoms with van der Waals surface area (Å²) in [5.41, 5.74) is 0.496. The van der Waals surface area contributed by atoms with Crippen molar-refractivity contribution in [2.24, 2.45) is 7.05 Å². The number of ether oxygens (including phenoxy) is 2. The van der Waals surface area contributed by atoms with Crippen molar-refractivity contribution < 1.29 is 19.1 Å². The summed E-state index contributed by atoms with van der Waals surface area (Å²) in [6, 6.07) is 15.2. The van der Waals surface area contributed by atoms with Gasteiger partial charge in [0.15, 0.2) is 0 Å². The van der Waals surface area contributed by atoms with Gasteiger partial charge in [0.2, 0.25) is 0 Å². The molecule has 1 atom stereocenters. The maximum atomic E-state index is 13.5. The van der Waals surface area contributed by atoms with Gasteiger partial charge in [-0.2, -0.15) is 0 Å². The van der Waals surface area contributed by atoms with Crippen LogP contribution in [0.2, 0.25) is 10.0 Å². The maximum Gasteiger partial charge on any atom is 0.335 e. The van der Waals surface area contributed by atoms with E-state index < -0.39 is 35.3 Å². The molecule has 0 unspecified atom stereocenters. The predicted molar refractivity (Wildman–Crippen MR) is 167 cm³/mol. The molecular formula is C31H32Cl2N4O6. The van der Waals surface area contributed by atoms with E-state index in [1.54, 1.807) is 69.4 Å². The second-order valence-corrected chi connectivity index (χ2v) is 10.9. The molecule has 1 aromatic heterocycles. The Kier molecular flexibility index (Phi) is 10.3. The van der Waals surface area contributed by atoms with E-state index in [1.165, 1.54) is 16.7 Å². The Bertz CT molecular complexity index is 1750. The molecule has 0 aliphatic carbocycles. The summed E-state index contributed by atoms with van der Waals surface area (Å²) in [5.74, 6) is -0.749. The molecule has 0 saturated carbocycles. The highest BCUT2D eigenvalue weighted by molar-refractivity contribution is 6.39. The number of aryl methyl sites for hydroxylation is 1. The topological polar surface area (TPSA) is 121 Å². The molecule has 2 N–H and O–H groups in total. The number of fused-ring (bicyclic) bond motifs is 1. The molecule has 0 aliphatic heterocycles. The van der Waals surface area contributed by atoms with Crippen LogP contribution in [0.5, 0.6) is 5.75 Å². The van der Waals surface area contributed by atoms with Crippen LogP contribution in [0.25, 0.3) is 16.6 Å². The first kappa shape index (κ1) is 31.8. The van der Waals surface area contributed by atoms with E-state index in [9.17, 15) is 19.2 Å². The fourth-order valence-corrected chi connectivity index (χ4v) is 5.07. The number of halogens is 2. The predicted octanol–water partition coefficient (Wildman–Crippen LogP) is 3.89. The number of amides is 1. The number of esters is 1. The Morgan fingerprint density at radius 1 is 0.977 bits per heavy atom. The summed E-state index contributed by atoms with van der Waals surface area (Å²) >= 11 is 12.4. The normalized spacial score (nSPS) is 11.9. The smallest absolute Gasteiger partial charge is 0.335 e. The van der Waals surface area contributed by atoms with Crippen LogP contribution in [0.4, 0.5) is 0 Å². The molecule has 4 rings (SSSR count). The first-order valence-corrected chi connectivity index (χ1v) is 14.3. The van der Waals surface area contributed by atoms with Gasteiger partial charge in [-0.05, 0) is 68.9 Å². The van der Waals surface area contributed by atoms with Gasteiger partial charge in [-0.15, -0.1) is 0 Å². The Morgan fingerprint density at radius 2 is 1.65 bits per heavy atom. The fraction of sp³-hybridized carbons (Fsp3) is 0.290. The van der Waals surface area contributed by atoms with Crippen molar-refractivity contribution in [3.63, 3.8) is 0 Å². The van der Waals surface area contributed by atoms with Crippen LogP contribution in [-0.2, 0) is 23.0 Å². The van der Waals surface area contributed by atoms with Gasteiger partial charge < -0.3 is 20.1 Å². The van der Waals surface area contributed by atoms with E-state index in [2.05, 4.69) is 10.6 Å². The second-order valence-electron chi connectivity index (χ2n) is 10.1. The van der Waals surface area contributed by atoms with Crippen molar-refractivity contribution >= 4 is 46.0 Å². The first-order chi connectivity index (χ1) is 20.5. The summed E-state index contributed by atoms with van der Waals surface area (Å²) in [6.07, 6.45) is -0.346. The number of nitrogens with one attached hydrogen (secondary N) is 2. The molecule has 1 amide bonds. The molecule has 1 heterocycles. The molecule has 4 aromatic rings. The van der Waals surface area contributed by atoms with Gasteiger partial charge >= 0.3 is 11.7 Å². The average molecular weight is 628 g/mol. The van der Waals surface area contributed by atoms with Gasteiger partial charge in [-0.1, -0.05) is 41.4 Å². The van der Waals surface area contributed by atoms with Gasteiger partial charge in [-0.3, -0.25) is 14.2 Å². The lowest BCUT2D eigenvalue weighted by Crippen LogP contribution is -2.44. The molecule has 3 aromatic carbocycles. The zero-order valence-corrected chi connectivity index (χ0v) is 25.7. The van der Waals surface area contributed by atoms with Crippen LogP contribution < -0.4 is 26.6 Å². The van der Waals surface area contributed by atoms with Gasteiger partial charge in [0, 0.05) is 20.0 Å². The summed E-state index contributed by atoms with van der Waals surface area (Å²) in [6.45, 7) is 4.46. The van der Waals surface area contributed by atoms with Crippen LogP contribution >= 0.6 is 23.2 Å². The number of hydrogen-bond acceptors (Lipinski definition) is 7. The summed E-state index contributed by atoms with van der Waals surface area (Å²) in [4.78, 5) is 52.7. The minimum absolute atomic E-state index is 0.0469. The average Bonchev–Trinajstić information content (AvgIpc) is 2.96. The van der Waals surface area contributed by atoms with Crippen LogP contribution in [-0.4, -0.2) is 53.4 Å². The number of carbonyl (C=O) groups is 2. The molecular weight excluding hydrogens is 595 g/mol. The van der Waals surface area contributed by atoms with Crippen molar-refractivity contribution in [3.8, 4) is 11.4 Å². The quantitative estimate of drug-likeness (QED) is 0.191. The lowest BCUT2D eigenvalue weighted by molar-refractivity contribution is -0.149. The highest BCUT2D eigenvalue weighted by Crippen LogP contribution is 2.24. The number of benzene rings is 3. The maximum absolute atomic E-state index is 13.5. The number of aromatic nitrogens is 2. The third-order valence-corrected chi connectivity index (χ3v) is 7.26. The van der Waals surface area contributed by atoms with Crippen molar-refractivity contribution in [2.45, 2.75) is 32.4 Å². The summed E-state index contributed by atoms with van der Waals surface area (Å²) in [7, 11) is 3.41. The Morgan fingerprint density at radius 3 is 2.28 bits per heavy atom. The Hall–Kier alpha value is -4.12. The second kappa shape index (κ2) is 13.9. The van der Waals surface area contributed by atoms with E-state index in [0.29, 0.717) is 41.1 Å². The van der Waals surface area contributed by atoms with E-state index in [1.807, 2.05) is 7.05 Å². The standard InChI is InChI=1S/C31H32Cl2N4O6/c1-18(2)43-30(40)25(35-28(38)27-23(32)6-5-7-24(27)33)16-19-8-10-20(11-9-19)37-29(39)22-17-21(42-15-14-34-3)12-13-26(22)36(4)31(37)41/h5-13,17-18,25,34H,14-16H2,1-4H3,(H,35,38)/t25-/m0/s1. The molecule has 0 bridgehead atoms. The lowest BCUT2D eigenvalue weighted by atomic mass is 10.0. The van der Waals surface area contributed by atoms with Crippen LogP contribution in [0.1, 0.15) is 29.8 Å². The Labute approximate surface area is 258 Å². The highest BCUT2D eigenvalue weighted by atomic mass is 35.5. The molecule has 0 saturated heterocycles. The molecule has 43 heavy (non-hydrogen) atoms. The monoisotopic (exact) mass is 626 g/mol. The van der Waals surface area contributed by atoms with E-state index in [4.69, 9.17) is 32.7 Å². The molecule has 0 radical (unpaired) electrons. The highest BCUT2D eigenvalue weighted by Gasteiger charge is 2.26. The Balaban J connectivity index is 1.64. The van der Waals surface area contributed by atoms with Gasteiger partial charge in [0.1, 0.15) is 18.4 Å². The minimum Gasteiger partial charge on any atom is -0.492 e. The van der Waals surface area contributed by atoms with E-state index in [-0.39, 0.29) is 22.0 Å². The largest absolute Gasteiger partial charge is 0.492 e. The molecule has 0 spiro atoms. The number of hydrogen-bond donors (Lipinski definition) is 2. The molecule has 12 heteroatoms. The van der Waals surface area contributed by atoms with Crippen LogP contribution in [0.15, 0.2) is 70.3 Å². The van der Waals surface area contributed by atoms with Crippen LogP contribution in [0, 0.1) is 0 Å². The fourth-order valence-electron chi connectivity index (χ4n) is 4.50. The van der Waals surface area contributed by atoms with E-state index in [0.717, 1.165) is 4.57 Å². The summed E-state index contributed by atoms with van der Waals surface area (Å²) < 4.78 is 13.6. The summed E-state index contributed by atoms with van der Waals surface area (Å²) in [5, 5.41) is 6.28. The molecule has 10 nitrogen and oxygen atoms in total. The molecule has 0 fully saturated rings. The number of rotatable bonds is 11. The van der Waals surface area contributed by atoms with E-state index >= 15 is 0 Å². The van der Waals surface area contributed by atoms with Crippen molar-refractivity contribution in [1.29, 1.82) is 0 Å². The first-order valence-electron chi connectivity index (χ1n) is 13.6. The lowest BCUT2D eigenvalue weighted by Gasteiger charge is -2.20. The number of nitrogens with zero attached hydrogens (tertiary/aromatic N) is 2.